The highest BCUT2D eigenvalue weighted by Gasteiger charge is 2.16. The Labute approximate surface area is 114 Å². The third kappa shape index (κ3) is 2.72. The molecular formula is C15H22N4. The fourth-order valence-corrected chi connectivity index (χ4v) is 2.25. The second-order valence-electron chi connectivity index (χ2n) is 4.68. The highest BCUT2D eigenvalue weighted by Crippen LogP contribution is 2.28. The lowest BCUT2D eigenvalue weighted by molar-refractivity contribution is 0.642. The lowest BCUT2D eigenvalue weighted by atomic mass is 10.0. The zero-order valence-corrected chi connectivity index (χ0v) is 11.9. The largest absolute Gasteiger partial charge is 0.394 e. The van der Waals surface area contributed by atoms with Crippen molar-refractivity contribution in [2.75, 3.05) is 11.1 Å². The first-order valence-electron chi connectivity index (χ1n) is 6.81. The van der Waals surface area contributed by atoms with Crippen molar-refractivity contribution in [2.24, 2.45) is 0 Å². The molecule has 1 atom stereocenters. The van der Waals surface area contributed by atoms with Gasteiger partial charge in [0.2, 0.25) is 0 Å². The van der Waals surface area contributed by atoms with Gasteiger partial charge in [-0.15, -0.1) is 0 Å². The van der Waals surface area contributed by atoms with E-state index in [1.807, 2.05) is 17.7 Å². The van der Waals surface area contributed by atoms with Crippen molar-refractivity contribution in [3.63, 3.8) is 0 Å². The molecule has 0 radical (unpaired) electrons. The van der Waals surface area contributed by atoms with E-state index in [1.165, 1.54) is 5.56 Å². The number of aryl methyl sites for hydroxylation is 2. The van der Waals surface area contributed by atoms with Gasteiger partial charge in [-0.3, -0.25) is 0 Å². The van der Waals surface area contributed by atoms with Gasteiger partial charge in [0.25, 0.3) is 0 Å². The number of hydrogen-bond acceptors (Lipinski definition) is 3. The molecular weight excluding hydrogens is 236 g/mol. The molecule has 1 aromatic heterocycles. The van der Waals surface area contributed by atoms with E-state index in [0.717, 1.165) is 30.2 Å². The van der Waals surface area contributed by atoms with E-state index in [0.29, 0.717) is 0 Å². The summed E-state index contributed by atoms with van der Waals surface area (Å²) in [6.45, 7) is 6.99. The zero-order chi connectivity index (χ0) is 13.8. The van der Waals surface area contributed by atoms with Crippen molar-refractivity contribution in [3.8, 4) is 0 Å². The van der Waals surface area contributed by atoms with Crippen molar-refractivity contribution in [1.82, 2.24) is 9.78 Å². The van der Waals surface area contributed by atoms with Gasteiger partial charge in [0.1, 0.15) is 5.82 Å². The molecule has 0 aliphatic rings. The first-order chi connectivity index (χ1) is 9.17. The molecule has 0 aliphatic heterocycles. The van der Waals surface area contributed by atoms with Crippen LogP contribution in [0.2, 0.25) is 0 Å². The minimum Gasteiger partial charge on any atom is -0.394 e. The molecule has 4 heteroatoms. The van der Waals surface area contributed by atoms with Crippen LogP contribution in [0.1, 0.15) is 37.6 Å². The topological polar surface area (TPSA) is 55.9 Å². The van der Waals surface area contributed by atoms with Crippen LogP contribution in [0.3, 0.4) is 0 Å². The Bertz CT molecular complexity index is 531. The molecule has 2 rings (SSSR count). The maximum absolute atomic E-state index is 6.11. The van der Waals surface area contributed by atoms with Crippen molar-refractivity contribution in [3.05, 3.63) is 41.6 Å². The molecule has 3 N–H and O–H groups in total. The second-order valence-corrected chi connectivity index (χ2v) is 4.68. The molecule has 4 nitrogen and oxygen atoms in total. The van der Waals surface area contributed by atoms with Crippen molar-refractivity contribution in [2.45, 2.75) is 39.8 Å². The number of rotatable bonds is 5. The van der Waals surface area contributed by atoms with Gasteiger partial charge in [0, 0.05) is 6.54 Å². The number of anilines is 2. The van der Waals surface area contributed by atoms with Crippen LogP contribution in [0.5, 0.6) is 0 Å². The summed E-state index contributed by atoms with van der Waals surface area (Å²) in [6, 6.07) is 10.7. The van der Waals surface area contributed by atoms with Crippen molar-refractivity contribution >= 4 is 11.5 Å². The summed E-state index contributed by atoms with van der Waals surface area (Å²) < 4.78 is 1.93. The Hall–Kier alpha value is -1.97. The van der Waals surface area contributed by atoms with E-state index in [1.54, 1.807) is 0 Å². The predicted molar refractivity (Wildman–Crippen MR) is 80.1 cm³/mol. The maximum Gasteiger partial charge on any atom is 0.148 e. The van der Waals surface area contributed by atoms with E-state index in [9.17, 15) is 0 Å². The van der Waals surface area contributed by atoms with Crippen LogP contribution in [0, 0.1) is 6.92 Å². The lowest BCUT2D eigenvalue weighted by Crippen LogP contribution is -2.14. The number of nitrogens with zero attached hydrogens (tertiary/aromatic N) is 2. The molecule has 0 fully saturated rings. The number of nitrogens with one attached hydrogen (secondary N) is 1. The molecule has 0 spiro atoms. The van der Waals surface area contributed by atoms with E-state index < -0.39 is 0 Å². The molecule has 1 heterocycles. The average Bonchev–Trinajstić information content (AvgIpc) is 2.72. The number of benzene rings is 1. The van der Waals surface area contributed by atoms with Gasteiger partial charge < -0.3 is 11.1 Å². The summed E-state index contributed by atoms with van der Waals surface area (Å²) in [5.74, 6) is 0.927. The van der Waals surface area contributed by atoms with E-state index >= 15 is 0 Å². The first kappa shape index (κ1) is 13.5. The fraction of sp³-hybridized carbons (Fsp3) is 0.400. The fourth-order valence-electron chi connectivity index (χ4n) is 2.25. The molecule has 0 bridgehead atoms. The molecule has 0 saturated carbocycles. The van der Waals surface area contributed by atoms with Gasteiger partial charge in [-0.25, -0.2) is 4.68 Å². The summed E-state index contributed by atoms with van der Waals surface area (Å²) in [5, 5.41) is 7.97. The molecule has 0 saturated heterocycles. The quantitative estimate of drug-likeness (QED) is 0.864. The predicted octanol–water partition coefficient (Wildman–Crippen LogP) is 3.36. The highest BCUT2D eigenvalue weighted by molar-refractivity contribution is 5.65. The van der Waals surface area contributed by atoms with Gasteiger partial charge >= 0.3 is 0 Å². The van der Waals surface area contributed by atoms with Gasteiger partial charge in [-0.1, -0.05) is 37.3 Å². The van der Waals surface area contributed by atoms with Crippen LogP contribution in [-0.4, -0.2) is 9.78 Å². The smallest absolute Gasteiger partial charge is 0.148 e. The average molecular weight is 258 g/mol. The molecule has 1 aromatic carbocycles. The molecule has 102 valence electrons. The van der Waals surface area contributed by atoms with E-state index in [4.69, 9.17) is 5.73 Å². The van der Waals surface area contributed by atoms with Gasteiger partial charge in [-0.05, 0) is 25.8 Å². The third-order valence-electron chi connectivity index (χ3n) is 3.39. The minimum absolute atomic E-state index is 0.255. The standard InChI is InChI=1S/C15H22N4/c1-4-13(12-9-7-6-8-10-12)17-15-14(16)11(3)18-19(15)5-2/h6-10,13,17H,4-5,16H2,1-3H3. The van der Waals surface area contributed by atoms with Crippen LogP contribution < -0.4 is 11.1 Å². The second kappa shape index (κ2) is 5.78. The third-order valence-corrected chi connectivity index (χ3v) is 3.39. The van der Waals surface area contributed by atoms with E-state index in [-0.39, 0.29) is 6.04 Å². The summed E-state index contributed by atoms with van der Waals surface area (Å²) in [7, 11) is 0. The Kier molecular flexibility index (Phi) is 4.10. The Balaban J connectivity index is 2.29. The number of nitrogen functional groups attached to an aromatic ring is 1. The SMILES string of the molecule is CCC(Nc1c(N)c(C)nn1CC)c1ccccc1. The Morgan fingerprint density at radius 2 is 1.95 bits per heavy atom. The molecule has 0 amide bonds. The minimum atomic E-state index is 0.255. The van der Waals surface area contributed by atoms with Crippen LogP contribution in [-0.2, 0) is 6.54 Å². The number of aromatic nitrogens is 2. The van der Waals surface area contributed by atoms with Crippen LogP contribution in [0.15, 0.2) is 30.3 Å². The summed E-state index contributed by atoms with van der Waals surface area (Å²) in [6.07, 6.45) is 0.997. The van der Waals surface area contributed by atoms with Crippen LogP contribution in [0.25, 0.3) is 0 Å². The van der Waals surface area contributed by atoms with E-state index in [2.05, 4.69) is 48.5 Å². The van der Waals surface area contributed by atoms with Gasteiger partial charge in [0.15, 0.2) is 0 Å². The molecule has 0 aliphatic carbocycles. The molecule has 2 aromatic rings. The first-order valence-corrected chi connectivity index (χ1v) is 6.81. The Morgan fingerprint density at radius 3 is 2.53 bits per heavy atom. The summed E-state index contributed by atoms with van der Waals surface area (Å²) in [5.41, 5.74) is 9.01. The zero-order valence-electron chi connectivity index (χ0n) is 11.9. The van der Waals surface area contributed by atoms with Crippen molar-refractivity contribution in [1.29, 1.82) is 0 Å². The maximum atomic E-state index is 6.11. The monoisotopic (exact) mass is 258 g/mol. The van der Waals surface area contributed by atoms with Gasteiger partial charge in [-0.2, -0.15) is 5.10 Å². The number of nitrogens with two attached hydrogens (primary N) is 1. The summed E-state index contributed by atoms with van der Waals surface area (Å²) in [4.78, 5) is 0. The van der Waals surface area contributed by atoms with Crippen molar-refractivity contribution < 1.29 is 0 Å². The normalized spacial score (nSPS) is 12.4. The van der Waals surface area contributed by atoms with Crippen LogP contribution in [0.4, 0.5) is 11.5 Å². The number of hydrogen-bond donors (Lipinski definition) is 2. The molecule has 19 heavy (non-hydrogen) atoms. The van der Waals surface area contributed by atoms with Crippen LogP contribution >= 0.6 is 0 Å². The van der Waals surface area contributed by atoms with Gasteiger partial charge in [0.05, 0.1) is 17.4 Å². The lowest BCUT2D eigenvalue weighted by Gasteiger charge is -2.19. The summed E-state index contributed by atoms with van der Waals surface area (Å²) >= 11 is 0. The molecule has 1 unspecified atom stereocenters. The Morgan fingerprint density at radius 1 is 1.26 bits per heavy atom. The highest BCUT2D eigenvalue weighted by atomic mass is 15.3.